The first-order chi connectivity index (χ1) is 14.6. The molecule has 11 heteroatoms. The van der Waals surface area contributed by atoms with Crippen molar-refractivity contribution in [2.45, 2.75) is 48.2 Å². The number of fused-ring (bicyclic) bond motifs is 1. The molecule has 31 heavy (non-hydrogen) atoms. The number of alkyl halides is 3. The Morgan fingerprint density at radius 2 is 1.90 bits per heavy atom. The molecule has 1 amide bonds. The predicted molar refractivity (Wildman–Crippen MR) is 105 cm³/mol. The van der Waals surface area contributed by atoms with Gasteiger partial charge in [0.15, 0.2) is 33.1 Å². The van der Waals surface area contributed by atoms with Gasteiger partial charge in [-0.3, -0.25) is 4.79 Å². The third-order valence-electron chi connectivity index (χ3n) is 5.97. The topological polar surface area (TPSA) is 85.3 Å². The van der Waals surface area contributed by atoms with Crippen LogP contribution in [0.3, 0.4) is 0 Å². The van der Waals surface area contributed by atoms with E-state index >= 15 is 0 Å². The summed E-state index contributed by atoms with van der Waals surface area (Å²) in [4.78, 5) is 16.8. The van der Waals surface area contributed by atoms with Crippen LogP contribution in [0.5, 0.6) is 0 Å². The van der Waals surface area contributed by atoms with E-state index in [9.17, 15) is 22.2 Å². The second-order valence-electron chi connectivity index (χ2n) is 8.18. The molecule has 2 saturated carbocycles. The highest BCUT2D eigenvalue weighted by atomic mass is 35.5. The van der Waals surface area contributed by atoms with E-state index in [-0.39, 0.29) is 23.1 Å². The Balaban J connectivity index is 1.14. The highest BCUT2D eigenvalue weighted by Gasteiger charge is 2.54. The number of nitrogens with one attached hydrogen (secondary N) is 1. The molecule has 0 aliphatic heterocycles. The zero-order valence-corrected chi connectivity index (χ0v) is 17.4. The van der Waals surface area contributed by atoms with Crippen molar-refractivity contribution in [1.82, 2.24) is 10.3 Å². The van der Waals surface area contributed by atoms with Gasteiger partial charge in [-0.1, -0.05) is 11.6 Å². The van der Waals surface area contributed by atoms with E-state index < -0.39 is 27.3 Å². The van der Waals surface area contributed by atoms with E-state index in [2.05, 4.69) is 10.3 Å². The van der Waals surface area contributed by atoms with Crippen LogP contribution >= 0.6 is 11.6 Å². The van der Waals surface area contributed by atoms with Crippen LogP contribution in [0.1, 0.15) is 48.0 Å². The van der Waals surface area contributed by atoms with E-state index in [1.54, 1.807) is 18.2 Å². The SMILES string of the molecule is O=C(NC1CC2(C1)CC(c1nc3cc(Cl)ccc3o1)C2)c1ccc(S(=O)C(F)(F)F)o1. The van der Waals surface area contributed by atoms with Gasteiger partial charge in [0.2, 0.25) is 0 Å². The average Bonchev–Trinajstić information content (AvgIpc) is 3.27. The van der Waals surface area contributed by atoms with Crippen molar-refractivity contribution in [3.63, 3.8) is 0 Å². The fourth-order valence-corrected chi connectivity index (χ4v) is 5.34. The van der Waals surface area contributed by atoms with Crippen molar-refractivity contribution in [2.24, 2.45) is 5.41 Å². The summed E-state index contributed by atoms with van der Waals surface area (Å²) in [5, 5.41) is 2.58. The number of furan rings is 1. The molecule has 1 aromatic carbocycles. The standard InChI is InChI=1S/C20H16ClF3N2O4S/c21-11-1-2-14-13(5-11)26-18(30-14)10-6-19(7-10)8-12(9-19)25-17(27)15-3-4-16(29-15)31(28)20(22,23)24/h1-5,10,12H,6-9H2,(H,25,27). The third kappa shape index (κ3) is 3.76. The van der Waals surface area contributed by atoms with Crippen molar-refractivity contribution in [1.29, 1.82) is 0 Å². The van der Waals surface area contributed by atoms with Crippen LogP contribution in [0, 0.1) is 5.41 Å². The first-order valence-electron chi connectivity index (χ1n) is 9.57. The molecule has 0 saturated heterocycles. The number of hydrogen-bond acceptors (Lipinski definition) is 5. The largest absolute Gasteiger partial charge is 0.478 e. The molecule has 164 valence electrons. The lowest BCUT2D eigenvalue weighted by Crippen LogP contribution is -2.55. The Kier molecular flexibility index (Phi) is 4.71. The Morgan fingerprint density at radius 3 is 2.61 bits per heavy atom. The second-order valence-corrected chi connectivity index (χ2v) is 10.0. The maximum Gasteiger partial charge on any atom is 0.478 e. The first-order valence-corrected chi connectivity index (χ1v) is 11.1. The fraction of sp³-hybridized carbons (Fsp3) is 0.400. The summed E-state index contributed by atoms with van der Waals surface area (Å²) in [7, 11) is -3.30. The molecule has 2 aromatic heterocycles. The van der Waals surface area contributed by atoms with Gasteiger partial charge in [-0.15, -0.1) is 0 Å². The van der Waals surface area contributed by atoms with E-state index in [4.69, 9.17) is 20.4 Å². The molecule has 3 aromatic rings. The van der Waals surface area contributed by atoms with Crippen LogP contribution in [0.15, 0.2) is 44.3 Å². The number of halogens is 4. The fourth-order valence-electron chi connectivity index (χ4n) is 4.59. The molecule has 0 bridgehead atoms. The minimum atomic E-state index is -4.94. The molecule has 2 aliphatic rings. The van der Waals surface area contributed by atoms with Crippen LogP contribution < -0.4 is 5.32 Å². The van der Waals surface area contributed by atoms with Crippen molar-refractivity contribution in [3.05, 3.63) is 47.0 Å². The van der Waals surface area contributed by atoms with Gasteiger partial charge in [-0.05, 0) is 61.4 Å². The van der Waals surface area contributed by atoms with Crippen molar-refractivity contribution in [2.75, 3.05) is 0 Å². The summed E-state index contributed by atoms with van der Waals surface area (Å²) in [5.74, 6) is 0.00566. The van der Waals surface area contributed by atoms with Crippen LogP contribution in [-0.4, -0.2) is 26.7 Å². The Hall–Kier alpha value is -2.33. The van der Waals surface area contributed by atoms with Gasteiger partial charge in [0, 0.05) is 17.0 Å². The molecule has 1 N–H and O–H groups in total. The first kappa shape index (κ1) is 20.6. The zero-order chi connectivity index (χ0) is 22.0. The summed E-state index contributed by atoms with van der Waals surface area (Å²) >= 11 is 5.98. The smallest absolute Gasteiger partial charge is 0.442 e. The van der Waals surface area contributed by atoms with E-state index in [0.717, 1.165) is 43.3 Å². The normalized spacial score (nSPS) is 26.5. The average molecular weight is 473 g/mol. The van der Waals surface area contributed by atoms with Gasteiger partial charge >= 0.3 is 5.51 Å². The molecule has 2 heterocycles. The molecular formula is C20H16ClF3N2O4S. The maximum absolute atomic E-state index is 12.5. The van der Waals surface area contributed by atoms with Crippen LogP contribution in [0.25, 0.3) is 11.1 Å². The number of rotatable bonds is 4. The Labute approximate surface area is 181 Å². The van der Waals surface area contributed by atoms with Crippen molar-refractivity contribution < 1.29 is 31.0 Å². The number of carbonyl (C=O) groups excluding carboxylic acids is 1. The lowest BCUT2D eigenvalue weighted by Gasteiger charge is -2.57. The lowest BCUT2D eigenvalue weighted by atomic mass is 9.50. The molecule has 2 fully saturated rings. The molecule has 1 unspecified atom stereocenters. The molecule has 0 radical (unpaired) electrons. The zero-order valence-electron chi connectivity index (χ0n) is 15.9. The summed E-state index contributed by atoms with van der Waals surface area (Å²) < 4.78 is 59.5. The summed E-state index contributed by atoms with van der Waals surface area (Å²) in [6.45, 7) is 0. The summed E-state index contributed by atoms with van der Waals surface area (Å²) in [6, 6.07) is 7.23. The quantitative estimate of drug-likeness (QED) is 0.567. The number of carbonyl (C=O) groups is 1. The molecule has 5 rings (SSSR count). The number of amides is 1. The van der Waals surface area contributed by atoms with Crippen LogP contribution in [0.4, 0.5) is 13.2 Å². The summed E-state index contributed by atoms with van der Waals surface area (Å²) in [6.07, 6.45) is 3.33. The van der Waals surface area contributed by atoms with Crippen LogP contribution in [-0.2, 0) is 10.8 Å². The van der Waals surface area contributed by atoms with Gasteiger partial charge in [0.05, 0.1) is 0 Å². The second kappa shape index (κ2) is 7.09. The number of aromatic nitrogens is 1. The van der Waals surface area contributed by atoms with Crippen molar-refractivity contribution >= 4 is 39.4 Å². The summed E-state index contributed by atoms with van der Waals surface area (Å²) in [5.41, 5.74) is -3.39. The minimum Gasteiger partial charge on any atom is -0.442 e. The van der Waals surface area contributed by atoms with E-state index in [1.165, 1.54) is 0 Å². The number of hydrogen-bond donors (Lipinski definition) is 1. The molecule has 1 spiro atoms. The van der Waals surface area contributed by atoms with Gasteiger partial charge in [-0.25, -0.2) is 9.19 Å². The Morgan fingerprint density at radius 1 is 1.16 bits per heavy atom. The lowest BCUT2D eigenvalue weighted by molar-refractivity contribution is -0.0394. The Bertz CT molecular complexity index is 1190. The highest BCUT2D eigenvalue weighted by Crippen LogP contribution is 2.61. The van der Waals surface area contributed by atoms with Crippen molar-refractivity contribution in [3.8, 4) is 0 Å². The van der Waals surface area contributed by atoms with E-state index in [0.29, 0.717) is 16.5 Å². The molecular weight excluding hydrogens is 457 g/mol. The molecule has 6 nitrogen and oxygen atoms in total. The number of oxazole rings is 1. The molecule has 1 atom stereocenters. The van der Waals surface area contributed by atoms with Gasteiger partial charge in [0.25, 0.3) is 5.91 Å². The predicted octanol–water partition coefficient (Wildman–Crippen LogP) is 5.16. The maximum atomic E-state index is 12.5. The highest BCUT2D eigenvalue weighted by molar-refractivity contribution is 7.85. The van der Waals surface area contributed by atoms with Gasteiger partial charge in [0.1, 0.15) is 5.52 Å². The third-order valence-corrected chi connectivity index (χ3v) is 7.21. The monoisotopic (exact) mass is 472 g/mol. The van der Waals surface area contributed by atoms with Crippen LogP contribution in [0.2, 0.25) is 5.02 Å². The van der Waals surface area contributed by atoms with Gasteiger partial charge in [-0.2, -0.15) is 13.2 Å². The van der Waals surface area contributed by atoms with E-state index in [1.807, 2.05) is 0 Å². The van der Waals surface area contributed by atoms with Gasteiger partial charge < -0.3 is 14.2 Å². The minimum absolute atomic E-state index is 0.0856. The number of nitrogens with zero attached hydrogens (tertiary/aromatic N) is 1. The number of benzene rings is 1. The molecule has 2 aliphatic carbocycles.